The SMILES string of the molecule is CCOC(=O)c1nc(C2CCC(CC)CC2)no1. The largest absolute Gasteiger partial charge is 0.459 e. The number of nitrogens with zero attached hydrogens (tertiary/aromatic N) is 2. The highest BCUT2D eigenvalue weighted by Crippen LogP contribution is 2.35. The van der Waals surface area contributed by atoms with Gasteiger partial charge in [-0.25, -0.2) is 4.79 Å². The van der Waals surface area contributed by atoms with Crippen LogP contribution in [0.3, 0.4) is 0 Å². The second-order valence-corrected chi connectivity index (χ2v) is 4.80. The van der Waals surface area contributed by atoms with E-state index < -0.39 is 5.97 Å². The van der Waals surface area contributed by atoms with E-state index in [0.717, 1.165) is 18.8 Å². The van der Waals surface area contributed by atoms with Gasteiger partial charge in [0.15, 0.2) is 5.82 Å². The van der Waals surface area contributed by atoms with Crippen LogP contribution in [0.25, 0.3) is 0 Å². The van der Waals surface area contributed by atoms with Gasteiger partial charge in [-0.05, 0) is 38.5 Å². The van der Waals surface area contributed by atoms with E-state index in [2.05, 4.69) is 17.1 Å². The predicted molar refractivity (Wildman–Crippen MR) is 65.2 cm³/mol. The zero-order chi connectivity index (χ0) is 13.0. The van der Waals surface area contributed by atoms with Gasteiger partial charge < -0.3 is 9.26 Å². The Kier molecular flexibility index (Phi) is 4.33. The van der Waals surface area contributed by atoms with Crippen molar-refractivity contribution in [2.24, 2.45) is 5.92 Å². The molecule has 0 aliphatic heterocycles. The minimum absolute atomic E-state index is 0.0236. The molecule has 0 N–H and O–H groups in total. The van der Waals surface area contributed by atoms with Crippen molar-refractivity contribution in [2.75, 3.05) is 6.61 Å². The van der Waals surface area contributed by atoms with E-state index in [0.29, 0.717) is 18.3 Å². The van der Waals surface area contributed by atoms with Gasteiger partial charge in [-0.1, -0.05) is 18.5 Å². The minimum atomic E-state index is -0.529. The lowest BCUT2D eigenvalue weighted by Crippen LogP contribution is -2.14. The molecular weight excluding hydrogens is 232 g/mol. The van der Waals surface area contributed by atoms with E-state index in [1.807, 2.05) is 0 Å². The number of ether oxygens (including phenoxy) is 1. The Morgan fingerprint density at radius 3 is 2.67 bits per heavy atom. The molecule has 0 atom stereocenters. The third-order valence-electron chi connectivity index (χ3n) is 3.68. The van der Waals surface area contributed by atoms with Gasteiger partial charge in [0.25, 0.3) is 0 Å². The third-order valence-corrected chi connectivity index (χ3v) is 3.68. The summed E-state index contributed by atoms with van der Waals surface area (Å²) in [5, 5.41) is 3.91. The van der Waals surface area contributed by atoms with Crippen molar-refractivity contribution in [1.82, 2.24) is 10.1 Å². The van der Waals surface area contributed by atoms with E-state index in [1.54, 1.807) is 6.92 Å². The lowest BCUT2D eigenvalue weighted by Gasteiger charge is -2.25. The summed E-state index contributed by atoms with van der Waals surface area (Å²) in [7, 11) is 0. The fraction of sp³-hybridized carbons (Fsp3) is 0.769. The van der Waals surface area contributed by atoms with Crippen molar-refractivity contribution in [3.05, 3.63) is 11.7 Å². The predicted octanol–water partition coefficient (Wildman–Crippen LogP) is 2.93. The molecule has 0 unspecified atom stereocenters. The average molecular weight is 252 g/mol. The smallest absolute Gasteiger partial charge is 0.397 e. The van der Waals surface area contributed by atoms with Crippen molar-refractivity contribution < 1.29 is 14.1 Å². The molecule has 1 aliphatic rings. The van der Waals surface area contributed by atoms with Gasteiger partial charge in [0.1, 0.15) is 0 Å². The van der Waals surface area contributed by atoms with Crippen LogP contribution >= 0.6 is 0 Å². The summed E-state index contributed by atoms with van der Waals surface area (Å²) in [6.45, 7) is 4.30. The van der Waals surface area contributed by atoms with E-state index in [-0.39, 0.29) is 5.89 Å². The molecule has 2 rings (SSSR count). The maximum atomic E-state index is 11.4. The molecule has 18 heavy (non-hydrogen) atoms. The number of aromatic nitrogens is 2. The second kappa shape index (κ2) is 5.98. The Bertz CT molecular complexity index is 395. The van der Waals surface area contributed by atoms with E-state index >= 15 is 0 Å². The van der Waals surface area contributed by atoms with Gasteiger partial charge >= 0.3 is 11.9 Å². The van der Waals surface area contributed by atoms with Crippen LogP contribution in [0.15, 0.2) is 4.52 Å². The van der Waals surface area contributed by atoms with Crippen molar-refractivity contribution in [2.45, 2.75) is 51.9 Å². The maximum Gasteiger partial charge on any atom is 0.397 e. The number of carbonyl (C=O) groups is 1. The van der Waals surface area contributed by atoms with Crippen molar-refractivity contribution in [1.29, 1.82) is 0 Å². The van der Waals surface area contributed by atoms with Gasteiger partial charge in [0.2, 0.25) is 0 Å². The zero-order valence-electron chi connectivity index (χ0n) is 11.0. The lowest BCUT2D eigenvalue weighted by molar-refractivity contribution is 0.0470. The Balaban J connectivity index is 1.96. The first-order valence-electron chi connectivity index (χ1n) is 6.75. The molecule has 0 amide bonds. The minimum Gasteiger partial charge on any atom is -0.459 e. The molecular formula is C13H20N2O3. The zero-order valence-corrected chi connectivity index (χ0v) is 11.0. The molecule has 5 nitrogen and oxygen atoms in total. The fourth-order valence-electron chi connectivity index (χ4n) is 2.51. The first-order valence-corrected chi connectivity index (χ1v) is 6.75. The molecule has 1 aromatic heterocycles. The molecule has 0 aromatic carbocycles. The molecule has 1 aliphatic carbocycles. The standard InChI is InChI=1S/C13H20N2O3/c1-3-9-5-7-10(8-6-9)11-14-12(18-15-11)13(16)17-4-2/h9-10H,3-8H2,1-2H3. The van der Waals surface area contributed by atoms with Crippen LogP contribution in [0.5, 0.6) is 0 Å². The van der Waals surface area contributed by atoms with Crippen molar-refractivity contribution in [3.8, 4) is 0 Å². The van der Waals surface area contributed by atoms with Crippen molar-refractivity contribution in [3.63, 3.8) is 0 Å². The molecule has 100 valence electrons. The first-order chi connectivity index (χ1) is 8.74. The van der Waals surface area contributed by atoms with Crippen molar-refractivity contribution >= 4 is 5.97 Å². The van der Waals surface area contributed by atoms with Gasteiger partial charge in [-0.15, -0.1) is 0 Å². The number of hydrogen-bond donors (Lipinski definition) is 0. The van der Waals surface area contributed by atoms with Crippen LogP contribution in [0.2, 0.25) is 0 Å². The summed E-state index contributed by atoms with van der Waals surface area (Å²) in [6.07, 6.45) is 5.84. The average Bonchev–Trinajstić information content (AvgIpc) is 2.89. The highest BCUT2D eigenvalue weighted by molar-refractivity contribution is 5.83. The van der Waals surface area contributed by atoms with Crippen LogP contribution in [-0.4, -0.2) is 22.7 Å². The monoisotopic (exact) mass is 252 g/mol. The quantitative estimate of drug-likeness (QED) is 0.771. The number of rotatable bonds is 4. The Hall–Kier alpha value is -1.39. The molecule has 1 saturated carbocycles. The Morgan fingerprint density at radius 1 is 1.33 bits per heavy atom. The molecule has 1 fully saturated rings. The summed E-state index contributed by atoms with van der Waals surface area (Å²) in [5.74, 6) is 1.27. The molecule has 1 heterocycles. The Labute approximate surface area is 107 Å². The topological polar surface area (TPSA) is 65.2 Å². The van der Waals surface area contributed by atoms with Gasteiger partial charge in [-0.2, -0.15) is 4.98 Å². The van der Waals surface area contributed by atoms with Crippen LogP contribution < -0.4 is 0 Å². The first kappa shape index (κ1) is 13.1. The summed E-state index contributed by atoms with van der Waals surface area (Å²) < 4.78 is 9.78. The second-order valence-electron chi connectivity index (χ2n) is 4.80. The molecule has 0 bridgehead atoms. The number of esters is 1. The number of carbonyl (C=O) groups excluding carboxylic acids is 1. The lowest BCUT2D eigenvalue weighted by atomic mass is 9.80. The summed E-state index contributed by atoms with van der Waals surface area (Å²) in [4.78, 5) is 15.6. The van der Waals surface area contributed by atoms with Gasteiger partial charge in [-0.3, -0.25) is 0 Å². The molecule has 0 radical (unpaired) electrons. The fourth-order valence-corrected chi connectivity index (χ4v) is 2.51. The highest BCUT2D eigenvalue weighted by atomic mass is 16.6. The molecule has 0 saturated heterocycles. The van der Waals surface area contributed by atoms with Crippen LogP contribution in [0.1, 0.15) is 68.4 Å². The van der Waals surface area contributed by atoms with Crippen LogP contribution in [0, 0.1) is 5.92 Å². The normalized spacial score (nSPS) is 23.9. The van der Waals surface area contributed by atoms with E-state index in [1.165, 1.54) is 19.3 Å². The summed E-state index contributed by atoms with van der Waals surface area (Å²) >= 11 is 0. The summed E-state index contributed by atoms with van der Waals surface area (Å²) in [6, 6.07) is 0. The Morgan fingerprint density at radius 2 is 2.06 bits per heavy atom. The van der Waals surface area contributed by atoms with Gasteiger partial charge in [0, 0.05) is 5.92 Å². The van der Waals surface area contributed by atoms with E-state index in [4.69, 9.17) is 9.26 Å². The highest BCUT2D eigenvalue weighted by Gasteiger charge is 2.26. The molecule has 5 heteroatoms. The number of hydrogen-bond acceptors (Lipinski definition) is 5. The van der Waals surface area contributed by atoms with Crippen LogP contribution in [-0.2, 0) is 4.74 Å². The third kappa shape index (κ3) is 2.89. The van der Waals surface area contributed by atoms with E-state index in [9.17, 15) is 4.79 Å². The van der Waals surface area contributed by atoms with Gasteiger partial charge in [0.05, 0.1) is 6.61 Å². The maximum absolute atomic E-state index is 11.4. The van der Waals surface area contributed by atoms with Crippen LogP contribution in [0.4, 0.5) is 0 Å². The molecule has 1 aromatic rings. The summed E-state index contributed by atoms with van der Waals surface area (Å²) in [5.41, 5.74) is 0. The molecule has 0 spiro atoms.